The molecule has 1 aromatic carbocycles. The Labute approximate surface area is 122 Å². The Hall–Kier alpha value is -0.420. The van der Waals surface area contributed by atoms with Crippen LogP contribution in [0, 0.1) is 0 Å². The van der Waals surface area contributed by atoms with Crippen molar-refractivity contribution >= 4 is 40.1 Å². The van der Waals surface area contributed by atoms with E-state index in [2.05, 4.69) is 4.99 Å². The van der Waals surface area contributed by atoms with Gasteiger partial charge in [-0.25, -0.2) is 0 Å². The van der Waals surface area contributed by atoms with Crippen molar-refractivity contribution in [3.05, 3.63) is 33.8 Å². The SMILES string of the molecule is COC[C@@H](C)N=C(N)SCc1ccc(Cl)c(Cl)c1. The molecule has 2 N–H and O–H groups in total. The topological polar surface area (TPSA) is 47.6 Å². The van der Waals surface area contributed by atoms with Crippen molar-refractivity contribution in [3.8, 4) is 0 Å². The Morgan fingerprint density at radius 1 is 1.44 bits per heavy atom. The van der Waals surface area contributed by atoms with Gasteiger partial charge in [0, 0.05) is 12.9 Å². The molecule has 3 nitrogen and oxygen atoms in total. The van der Waals surface area contributed by atoms with Crippen LogP contribution in [0.2, 0.25) is 10.0 Å². The Morgan fingerprint density at radius 3 is 2.78 bits per heavy atom. The molecule has 18 heavy (non-hydrogen) atoms. The van der Waals surface area contributed by atoms with Gasteiger partial charge in [0.1, 0.15) is 0 Å². The molecule has 1 rings (SSSR count). The van der Waals surface area contributed by atoms with Crippen LogP contribution in [0.5, 0.6) is 0 Å². The van der Waals surface area contributed by atoms with E-state index in [-0.39, 0.29) is 6.04 Å². The molecule has 0 aliphatic heterocycles. The maximum Gasteiger partial charge on any atom is 0.154 e. The molecule has 0 unspecified atom stereocenters. The highest BCUT2D eigenvalue weighted by molar-refractivity contribution is 8.13. The van der Waals surface area contributed by atoms with E-state index in [0.717, 1.165) is 5.56 Å². The fourth-order valence-electron chi connectivity index (χ4n) is 1.32. The van der Waals surface area contributed by atoms with Gasteiger partial charge < -0.3 is 10.5 Å². The third-order valence-electron chi connectivity index (χ3n) is 2.13. The Kier molecular flexibility index (Phi) is 6.86. The van der Waals surface area contributed by atoms with Crippen LogP contribution in [0.3, 0.4) is 0 Å². The van der Waals surface area contributed by atoms with Crippen molar-refractivity contribution in [1.29, 1.82) is 0 Å². The van der Waals surface area contributed by atoms with Gasteiger partial charge in [0.15, 0.2) is 5.17 Å². The van der Waals surface area contributed by atoms with Crippen LogP contribution in [0.1, 0.15) is 12.5 Å². The molecule has 0 saturated carbocycles. The maximum absolute atomic E-state index is 5.94. The van der Waals surface area contributed by atoms with Crippen LogP contribution in [0.4, 0.5) is 0 Å². The van der Waals surface area contributed by atoms with Gasteiger partial charge in [-0.1, -0.05) is 41.0 Å². The van der Waals surface area contributed by atoms with Gasteiger partial charge in [0.05, 0.1) is 22.7 Å². The molecule has 0 spiro atoms. The summed E-state index contributed by atoms with van der Waals surface area (Å²) >= 11 is 13.3. The minimum absolute atomic E-state index is 0.0660. The first kappa shape index (κ1) is 15.6. The first-order valence-electron chi connectivity index (χ1n) is 5.42. The lowest BCUT2D eigenvalue weighted by Gasteiger charge is -2.07. The third-order valence-corrected chi connectivity index (χ3v) is 3.74. The smallest absolute Gasteiger partial charge is 0.154 e. The Balaban J connectivity index is 2.51. The molecule has 1 atom stereocenters. The lowest BCUT2D eigenvalue weighted by atomic mass is 10.2. The molecular formula is C12H16Cl2N2OS. The van der Waals surface area contributed by atoms with Gasteiger partial charge >= 0.3 is 0 Å². The number of hydrogen-bond donors (Lipinski definition) is 1. The summed E-state index contributed by atoms with van der Waals surface area (Å²) in [5.74, 6) is 0.714. The average molecular weight is 307 g/mol. The van der Waals surface area contributed by atoms with Crippen LogP contribution in [-0.2, 0) is 10.5 Å². The minimum atomic E-state index is 0.0660. The zero-order chi connectivity index (χ0) is 13.5. The molecule has 1 aromatic rings. The summed E-state index contributed by atoms with van der Waals surface area (Å²) in [6, 6.07) is 5.60. The van der Waals surface area contributed by atoms with Gasteiger partial charge in [-0.15, -0.1) is 0 Å². The number of thioether (sulfide) groups is 1. The molecule has 100 valence electrons. The number of rotatable bonds is 5. The fourth-order valence-corrected chi connectivity index (χ4v) is 2.39. The number of hydrogen-bond acceptors (Lipinski definition) is 3. The van der Waals surface area contributed by atoms with Gasteiger partial charge in [0.25, 0.3) is 0 Å². The van der Waals surface area contributed by atoms with Gasteiger partial charge in [-0.05, 0) is 24.6 Å². The first-order chi connectivity index (χ1) is 8.52. The standard InChI is InChI=1S/C12H16Cl2N2OS/c1-8(6-17-2)16-12(15)18-7-9-3-4-10(13)11(14)5-9/h3-5,8H,6-7H2,1-2H3,(H2,15,16)/t8-/m1/s1. The molecule has 6 heteroatoms. The number of amidine groups is 1. The quantitative estimate of drug-likeness (QED) is 0.668. The van der Waals surface area contributed by atoms with Crippen LogP contribution in [-0.4, -0.2) is 24.9 Å². The van der Waals surface area contributed by atoms with Crippen LogP contribution >= 0.6 is 35.0 Å². The predicted octanol–water partition coefficient (Wildman–Crippen LogP) is 3.58. The first-order valence-corrected chi connectivity index (χ1v) is 7.16. The molecule has 0 saturated heterocycles. The number of halogens is 2. The Morgan fingerprint density at radius 2 is 2.17 bits per heavy atom. The van der Waals surface area contributed by atoms with Crippen LogP contribution in [0.15, 0.2) is 23.2 Å². The number of nitrogens with two attached hydrogens (primary N) is 1. The highest BCUT2D eigenvalue weighted by Gasteiger charge is 2.03. The number of nitrogens with zero attached hydrogens (tertiary/aromatic N) is 1. The molecule has 0 heterocycles. The summed E-state index contributed by atoms with van der Waals surface area (Å²) in [6.07, 6.45) is 0. The lowest BCUT2D eigenvalue weighted by molar-refractivity contribution is 0.186. The summed E-state index contributed by atoms with van der Waals surface area (Å²) in [6.45, 7) is 2.52. The second-order valence-corrected chi connectivity index (χ2v) is 5.62. The second-order valence-electron chi connectivity index (χ2n) is 3.81. The lowest BCUT2D eigenvalue weighted by Crippen LogP contribution is -2.15. The van der Waals surface area contributed by atoms with Crippen molar-refractivity contribution in [2.45, 2.75) is 18.7 Å². The highest BCUT2D eigenvalue weighted by Crippen LogP contribution is 2.24. The second kappa shape index (κ2) is 7.89. The monoisotopic (exact) mass is 306 g/mol. The van der Waals surface area contributed by atoms with E-state index >= 15 is 0 Å². The molecule has 0 aromatic heterocycles. The molecule has 0 radical (unpaired) electrons. The van der Waals surface area contributed by atoms with E-state index in [1.165, 1.54) is 11.8 Å². The zero-order valence-corrected chi connectivity index (χ0v) is 12.6. The number of ether oxygens (including phenoxy) is 1. The summed E-state index contributed by atoms with van der Waals surface area (Å²) in [7, 11) is 1.64. The number of methoxy groups -OCH3 is 1. The number of aliphatic imine (C=N–C) groups is 1. The van der Waals surface area contributed by atoms with Gasteiger partial charge in [-0.2, -0.15) is 0 Å². The largest absolute Gasteiger partial charge is 0.382 e. The predicted molar refractivity (Wildman–Crippen MR) is 80.7 cm³/mol. The number of benzene rings is 1. The molecule has 0 bridgehead atoms. The summed E-state index contributed by atoms with van der Waals surface area (Å²) in [4.78, 5) is 4.30. The van der Waals surface area contributed by atoms with Crippen molar-refractivity contribution in [2.75, 3.05) is 13.7 Å². The average Bonchev–Trinajstić information content (AvgIpc) is 2.31. The van der Waals surface area contributed by atoms with E-state index in [0.29, 0.717) is 27.6 Å². The summed E-state index contributed by atoms with van der Waals surface area (Å²) < 4.78 is 4.99. The van der Waals surface area contributed by atoms with Gasteiger partial charge in [-0.3, -0.25) is 4.99 Å². The normalized spacial score (nSPS) is 13.7. The van der Waals surface area contributed by atoms with E-state index in [4.69, 9.17) is 33.7 Å². The van der Waals surface area contributed by atoms with Crippen molar-refractivity contribution in [3.63, 3.8) is 0 Å². The molecule has 0 aliphatic rings. The van der Waals surface area contributed by atoms with Crippen molar-refractivity contribution < 1.29 is 4.74 Å². The van der Waals surface area contributed by atoms with E-state index in [1.807, 2.05) is 19.1 Å². The van der Waals surface area contributed by atoms with E-state index in [1.54, 1.807) is 13.2 Å². The fraction of sp³-hybridized carbons (Fsp3) is 0.417. The highest BCUT2D eigenvalue weighted by atomic mass is 35.5. The third kappa shape index (κ3) is 5.48. The van der Waals surface area contributed by atoms with E-state index < -0.39 is 0 Å². The van der Waals surface area contributed by atoms with Crippen molar-refractivity contribution in [1.82, 2.24) is 0 Å². The Bertz CT molecular complexity index is 427. The van der Waals surface area contributed by atoms with E-state index in [9.17, 15) is 0 Å². The summed E-state index contributed by atoms with van der Waals surface area (Å²) in [5.41, 5.74) is 6.88. The van der Waals surface area contributed by atoms with Crippen molar-refractivity contribution in [2.24, 2.45) is 10.7 Å². The minimum Gasteiger partial charge on any atom is -0.382 e. The molecule has 0 aliphatic carbocycles. The van der Waals surface area contributed by atoms with Gasteiger partial charge in [0.2, 0.25) is 0 Å². The molecule has 0 amide bonds. The zero-order valence-electron chi connectivity index (χ0n) is 10.3. The molecule has 0 fully saturated rings. The van der Waals surface area contributed by atoms with Crippen LogP contribution < -0.4 is 5.73 Å². The maximum atomic E-state index is 5.94. The molecular weight excluding hydrogens is 291 g/mol. The van der Waals surface area contributed by atoms with Crippen LogP contribution in [0.25, 0.3) is 0 Å². The summed E-state index contributed by atoms with van der Waals surface area (Å²) in [5, 5.41) is 1.66.